The number of carbonyl (C=O) groups is 2. The molecule has 2 aliphatic rings. The van der Waals surface area contributed by atoms with Crippen molar-refractivity contribution in [1.29, 1.82) is 0 Å². The second kappa shape index (κ2) is 8.99. The van der Waals surface area contributed by atoms with E-state index in [1.807, 2.05) is 0 Å². The molecule has 0 spiro atoms. The topological polar surface area (TPSA) is 192 Å². The summed E-state index contributed by atoms with van der Waals surface area (Å²) in [5, 5.41) is 59.5. The number of aliphatic carboxylic acids is 1. The van der Waals surface area contributed by atoms with Crippen LogP contribution in [-0.4, -0.2) is 80.2 Å². The third-order valence-electron chi connectivity index (χ3n) is 5.61. The lowest BCUT2D eigenvalue weighted by molar-refractivity contribution is -0.271. The third-order valence-corrected chi connectivity index (χ3v) is 5.61. The largest absolute Gasteiger partial charge is 0.507 e. The Balaban J connectivity index is 1.60. The number of hydrogen-bond donors (Lipinski definition) is 6. The highest BCUT2D eigenvalue weighted by atomic mass is 16.7. The summed E-state index contributed by atoms with van der Waals surface area (Å²) in [4.78, 5) is 24.0. The summed E-state index contributed by atoms with van der Waals surface area (Å²) in [5.41, 5.74) is 0.362. The standard InChI is InChI=1S/C22H22O12/c1-31-13-3-2-8(4-10(13)23)14-7-12(25)16-11(24)5-9(6-15(16)33-14)32-22-19(28)17(26)18(27)20(34-22)21(29)30/h2-6,14,17-20,22-24,26-28H,7H2,1H3,(H,29,30)/t14-,17?,18+,19?,20?,22-/m1/s1. The minimum Gasteiger partial charge on any atom is -0.507 e. The number of phenols is 2. The summed E-state index contributed by atoms with van der Waals surface area (Å²) >= 11 is 0. The number of fused-ring (bicyclic) bond motifs is 1. The average molecular weight is 478 g/mol. The lowest BCUT2D eigenvalue weighted by Crippen LogP contribution is -2.61. The van der Waals surface area contributed by atoms with Crippen molar-refractivity contribution in [3.63, 3.8) is 0 Å². The smallest absolute Gasteiger partial charge is 0.335 e. The molecule has 2 aromatic rings. The molecule has 0 radical (unpaired) electrons. The minimum atomic E-state index is -1.90. The maximum atomic E-state index is 12.7. The van der Waals surface area contributed by atoms with E-state index in [0.717, 1.165) is 6.07 Å². The first kappa shape index (κ1) is 23.6. The van der Waals surface area contributed by atoms with Crippen molar-refractivity contribution in [2.45, 2.75) is 43.2 Å². The van der Waals surface area contributed by atoms with Gasteiger partial charge in [-0.2, -0.15) is 0 Å². The lowest BCUT2D eigenvalue weighted by atomic mass is 9.95. The van der Waals surface area contributed by atoms with E-state index in [1.54, 1.807) is 6.07 Å². The number of aliphatic hydroxyl groups excluding tert-OH is 3. The van der Waals surface area contributed by atoms with Gasteiger partial charge in [0.1, 0.15) is 47.2 Å². The predicted molar refractivity (Wildman–Crippen MR) is 110 cm³/mol. The van der Waals surface area contributed by atoms with Crippen LogP contribution in [0.25, 0.3) is 0 Å². The van der Waals surface area contributed by atoms with Crippen molar-refractivity contribution in [1.82, 2.24) is 0 Å². The number of aromatic hydroxyl groups is 2. The van der Waals surface area contributed by atoms with Gasteiger partial charge in [0, 0.05) is 12.1 Å². The normalized spacial score (nSPS) is 28.5. The molecular weight excluding hydrogens is 456 g/mol. The summed E-state index contributed by atoms with van der Waals surface area (Å²) < 4.78 is 21.3. The molecular formula is C22H22O12. The first-order chi connectivity index (χ1) is 16.1. The number of ketones is 1. The van der Waals surface area contributed by atoms with Crippen LogP contribution >= 0.6 is 0 Å². The van der Waals surface area contributed by atoms with E-state index in [0.29, 0.717) is 5.56 Å². The van der Waals surface area contributed by atoms with Gasteiger partial charge in [-0.25, -0.2) is 4.79 Å². The molecule has 12 heteroatoms. The zero-order valence-corrected chi connectivity index (χ0v) is 17.7. The van der Waals surface area contributed by atoms with Crippen molar-refractivity contribution in [3.8, 4) is 28.7 Å². The van der Waals surface area contributed by atoms with Crippen LogP contribution in [0.1, 0.15) is 28.4 Å². The van der Waals surface area contributed by atoms with Gasteiger partial charge in [-0.05, 0) is 17.7 Å². The van der Waals surface area contributed by atoms with E-state index >= 15 is 0 Å². The Bertz CT molecular complexity index is 1120. The molecule has 6 atom stereocenters. The van der Waals surface area contributed by atoms with Gasteiger partial charge in [0.2, 0.25) is 6.29 Å². The van der Waals surface area contributed by atoms with E-state index in [2.05, 4.69) is 0 Å². The summed E-state index contributed by atoms with van der Waals surface area (Å²) in [7, 11) is 1.39. The van der Waals surface area contributed by atoms with Gasteiger partial charge in [-0.1, -0.05) is 6.07 Å². The molecule has 2 heterocycles. The van der Waals surface area contributed by atoms with Crippen LogP contribution in [-0.2, 0) is 9.53 Å². The Morgan fingerprint density at radius 2 is 1.76 bits per heavy atom. The molecule has 0 saturated carbocycles. The number of phenolic OH excluding ortho intramolecular Hbond substituents is 2. The third kappa shape index (κ3) is 4.19. The molecule has 0 amide bonds. The van der Waals surface area contributed by atoms with Crippen LogP contribution in [0.3, 0.4) is 0 Å². The maximum absolute atomic E-state index is 12.7. The monoisotopic (exact) mass is 478 g/mol. The Kier molecular flexibility index (Phi) is 6.23. The van der Waals surface area contributed by atoms with Crippen LogP contribution < -0.4 is 14.2 Å². The van der Waals surface area contributed by atoms with Crippen molar-refractivity contribution < 1.29 is 59.2 Å². The lowest BCUT2D eigenvalue weighted by Gasteiger charge is -2.38. The molecule has 0 aliphatic carbocycles. The van der Waals surface area contributed by atoms with Gasteiger partial charge in [-0.15, -0.1) is 0 Å². The number of benzene rings is 2. The fraction of sp³-hybridized carbons (Fsp3) is 0.364. The van der Waals surface area contributed by atoms with Gasteiger partial charge >= 0.3 is 5.97 Å². The summed E-state index contributed by atoms with van der Waals surface area (Å²) in [6, 6.07) is 6.76. The van der Waals surface area contributed by atoms with E-state index < -0.39 is 54.3 Å². The number of hydrogen-bond acceptors (Lipinski definition) is 11. The molecule has 1 saturated heterocycles. The molecule has 1 fully saturated rings. The highest BCUT2D eigenvalue weighted by molar-refractivity contribution is 6.02. The van der Waals surface area contributed by atoms with E-state index in [4.69, 9.17) is 24.1 Å². The average Bonchev–Trinajstić information content (AvgIpc) is 2.78. The van der Waals surface area contributed by atoms with Gasteiger partial charge in [0.05, 0.1) is 13.5 Å². The number of carbonyl (C=O) groups excluding carboxylic acids is 1. The molecule has 182 valence electrons. The molecule has 2 aromatic carbocycles. The Morgan fingerprint density at radius 3 is 2.41 bits per heavy atom. The molecule has 0 bridgehead atoms. The number of methoxy groups -OCH3 is 1. The van der Waals surface area contributed by atoms with E-state index in [1.165, 1.54) is 25.3 Å². The second-order valence-corrected chi connectivity index (χ2v) is 7.83. The van der Waals surface area contributed by atoms with Crippen molar-refractivity contribution in [3.05, 3.63) is 41.5 Å². The Morgan fingerprint density at radius 1 is 1.03 bits per heavy atom. The van der Waals surface area contributed by atoms with Gasteiger partial charge < -0.3 is 49.6 Å². The van der Waals surface area contributed by atoms with Crippen LogP contribution in [0.5, 0.6) is 28.7 Å². The molecule has 34 heavy (non-hydrogen) atoms. The van der Waals surface area contributed by atoms with Gasteiger partial charge in [-0.3, -0.25) is 4.79 Å². The zero-order chi connectivity index (χ0) is 24.7. The zero-order valence-electron chi connectivity index (χ0n) is 17.7. The second-order valence-electron chi connectivity index (χ2n) is 7.83. The number of ether oxygens (including phenoxy) is 4. The Labute approximate surface area is 192 Å². The maximum Gasteiger partial charge on any atom is 0.335 e. The van der Waals surface area contributed by atoms with Crippen molar-refractivity contribution >= 4 is 11.8 Å². The number of rotatable bonds is 5. The fourth-order valence-electron chi connectivity index (χ4n) is 3.86. The minimum absolute atomic E-state index is 0.0628. The van der Waals surface area contributed by atoms with E-state index in [9.17, 15) is 35.1 Å². The number of Topliss-reactive ketones (excluding diaryl/α,β-unsaturated/α-hetero) is 1. The highest BCUT2D eigenvalue weighted by Gasteiger charge is 2.48. The number of carboxylic acids is 1. The van der Waals surface area contributed by atoms with Crippen LogP contribution in [0.4, 0.5) is 0 Å². The van der Waals surface area contributed by atoms with Gasteiger partial charge in [0.25, 0.3) is 0 Å². The van der Waals surface area contributed by atoms with Crippen molar-refractivity contribution in [2.24, 2.45) is 0 Å². The van der Waals surface area contributed by atoms with E-state index in [-0.39, 0.29) is 35.0 Å². The quantitative estimate of drug-likeness (QED) is 0.340. The summed E-state index contributed by atoms with van der Waals surface area (Å²) in [5.74, 6) is -2.67. The summed E-state index contributed by atoms with van der Waals surface area (Å²) in [6.07, 6.45) is -10.1. The molecule has 2 aliphatic heterocycles. The fourth-order valence-corrected chi connectivity index (χ4v) is 3.86. The molecule has 6 N–H and O–H groups in total. The summed E-state index contributed by atoms with van der Waals surface area (Å²) in [6.45, 7) is 0. The van der Waals surface area contributed by atoms with Gasteiger partial charge in [0.15, 0.2) is 23.4 Å². The predicted octanol–water partition coefficient (Wildman–Crippen LogP) is 0.0839. The number of aliphatic hydroxyl groups is 3. The SMILES string of the molecule is COc1ccc([C@H]2CC(=O)c3c(O)cc(O[C@@H]4OC(C(=O)O)[C@@H](O)C(O)C4O)cc3O2)cc1O. The molecule has 12 nitrogen and oxygen atoms in total. The number of carboxylic acid groups (broad SMARTS) is 1. The first-order valence-electron chi connectivity index (χ1n) is 10.1. The molecule has 3 unspecified atom stereocenters. The van der Waals surface area contributed by atoms with Crippen LogP contribution in [0.2, 0.25) is 0 Å². The highest BCUT2D eigenvalue weighted by Crippen LogP contribution is 2.43. The Hall–Kier alpha value is -3.58. The van der Waals surface area contributed by atoms with Crippen LogP contribution in [0, 0.1) is 0 Å². The first-order valence-corrected chi connectivity index (χ1v) is 10.1. The van der Waals surface area contributed by atoms with Crippen molar-refractivity contribution in [2.75, 3.05) is 7.11 Å². The molecule has 0 aromatic heterocycles. The van der Waals surface area contributed by atoms with Crippen LogP contribution in [0.15, 0.2) is 30.3 Å². The molecule has 4 rings (SSSR count).